The molecule has 0 bridgehead atoms. The van der Waals surface area contributed by atoms with Gasteiger partial charge < -0.3 is 9.64 Å². The van der Waals surface area contributed by atoms with Crippen molar-refractivity contribution in [3.05, 3.63) is 30.3 Å². The van der Waals surface area contributed by atoms with Gasteiger partial charge in [0.25, 0.3) is 0 Å². The molecule has 0 radical (unpaired) electrons. The summed E-state index contributed by atoms with van der Waals surface area (Å²) in [6, 6.07) is 8.19. The summed E-state index contributed by atoms with van der Waals surface area (Å²) in [6.07, 6.45) is 3.46. The summed E-state index contributed by atoms with van der Waals surface area (Å²) in [4.78, 5) is 25.4. The van der Waals surface area contributed by atoms with E-state index in [0.29, 0.717) is 13.0 Å². The highest BCUT2D eigenvalue weighted by molar-refractivity contribution is 7.91. The smallest absolute Gasteiger partial charge is 0.325 e. The average Bonchev–Trinajstić information content (AvgIpc) is 2.77. The van der Waals surface area contributed by atoms with Crippen molar-refractivity contribution in [1.29, 1.82) is 0 Å². The van der Waals surface area contributed by atoms with E-state index >= 15 is 0 Å². The lowest BCUT2D eigenvalue weighted by atomic mass is 10.2. The lowest BCUT2D eigenvalue weighted by Crippen LogP contribution is -2.36. The monoisotopic (exact) mass is 353 g/mol. The van der Waals surface area contributed by atoms with Crippen LogP contribution in [0.4, 0.5) is 0 Å². The van der Waals surface area contributed by atoms with E-state index in [4.69, 9.17) is 4.74 Å². The summed E-state index contributed by atoms with van der Waals surface area (Å²) in [5.74, 6) is -0.578. The second-order valence-corrected chi connectivity index (χ2v) is 7.94. The third kappa shape index (κ3) is 5.63. The predicted molar refractivity (Wildman–Crippen MR) is 89.1 cm³/mol. The number of carbonyl (C=O) groups is 2. The normalized spacial score (nSPS) is 15.8. The maximum absolute atomic E-state index is 12.1. The molecule has 1 heterocycles. The molecule has 0 N–H and O–H groups in total. The molecule has 0 aliphatic carbocycles. The van der Waals surface area contributed by atoms with Crippen molar-refractivity contribution < 1.29 is 22.7 Å². The van der Waals surface area contributed by atoms with Crippen LogP contribution >= 0.6 is 0 Å². The Bertz CT molecular complexity index is 657. The molecule has 7 heteroatoms. The van der Waals surface area contributed by atoms with E-state index in [0.717, 1.165) is 19.3 Å². The highest BCUT2D eigenvalue weighted by atomic mass is 32.2. The van der Waals surface area contributed by atoms with Gasteiger partial charge >= 0.3 is 5.97 Å². The van der Waals surface area contributed by atoms with E-state index in [9.17, 15) is 18.0 Å². The third-order valence-corrected chi connectivity index (χ3v) is 5.73. The van der Waals surface area contributed by atoms with E-state index < -0.39 is 15.8 Å². The number of likely N-dealkylation sites (tertiary alicyclic amines) is 1. The molecule has 24 heavy (non-hydrogen) atoms. The highest BCUT2D eigenvalue weighted by Gasteiger charge is 2.20. The molecule has 0 spiro atoms. The molecular formula is C17H23NO5S. The standard InChI is InChI=1S/C17H23NO5S/c19-16-10-5-2-6-11-18(16)14-17(20)23-12-7-13-24(21,22)15-8-3-1-4-9-15/h1,3-4,8-9H,2,5-7,10-14H2. The SMILES string of the molecule is O=C(CN1CCCCCC1=O)OCCCS(=O)(=O)c1ccccc1. The molecule has 1 fully saturated rings. The van der Waals surface area contributed by atoms with Gasteiger partial charge in [0.2, 0.25) is 5.91 Å². The van der Waals surface area contributed by atoms with Crippen LogP contribution in [-0.2, 0) is 24.2 Å². The van der Waals surface area contributed by atoms with Crippen LogP contribution in [0.1, 0.15) is 32.1 Å². The van der Waals surface area contributed by atoms with E-state index in [-0.39, 0.29) is 36.1 Å². The van der Waals surface area contributed by atoms with Crippen LogP contribution in [0.3, 0.4) is 0 Å². The first kappa shape index (κ1) is 18.4. The van der Waals surface area contributed by atoms with Gasteiger partial charge in [-0.15, -0.1) is 0 Å². The van der Waals surface area contributed by atoms with E-state index in [1.807, 2.05) is 0 Å². The number of esters is 1. The lowest BCUT2D eigenvalue weighted by molar-refractivity contribution is -0.149. The number of benzene rings is 1. The highest BCUT2D eigenvalue weighted by Crippen LogP contribution is 2.12. The Balaban J connectivity index is 1.72. The number of carbonyl (C=O) groups excluding carboxylic acids is 2. The maximum atomic E-state index is 12.1. The summed E-state index contributed by atoms with van der Waals surface area (Å²) >= 11 is 0. The van der Waals surface area contributed by atoms with Crippen LogP contribution in [0.2, 0.25) is 0 Å². The Morgan fingerprint density at radius 3 is 2.62 bits per heavy atom. The maximum Gasteiger partial charge on any atom is 0.325 e. The van der Waals surface area contributed by atoms with Crippen LogP contribution in [0.15, 0.2) is 35.2 Å². The summed E-state index contributed by atoms with van der Waals surface area (Å²) in [6.45, 7) is 0.563. The van der Waals surface area contributed by atoms with Crippen LogP contribution < -0.4 is 0 Å². The second-order valence-electron chi connectivity index (χ2n) is 5.83. The largest absolute Gasteiger partial charge is 0.464 e. The van der Waals surface area contributed by atoms with Crippen LogP contribution in [0.25, 0.3) is 0 Å². The minimum atomic E-state index is -3.35. The zero-order valence-electron chi connectivity index (χ0n) is 13.6. The molecule has 0 atom stereocenters. The summed E-state index contributed by atoms with van der Waals surface area (Å²) in [5.41, 5.74) is 0. The van der Waals surface area contributed by atoms with Crippen molar-refractivity contribution in [2.24, 2.45) is 0 Å². The zero-order chi connectivity index (χ0) is 17.4. The number of hydrogen-bond donors (Lipinski definition) is 0. The fraction of sp³-hybridized carbons (Fsp3) is 0.529. The molecule has 132 valence electrons. The van der Waals surface area contributed by atoms with Crippen molar-refractivity contribution in [2.75, 3.05) is 25.4 Å². The fourth-order valence-electron chi connectivity index (χ4n) is 2.59. The number of hydrogen-bond acceptors (Lipinski definition) is 5. The summed E-state index contributed by atoms with van der Waals surface area (Å²) in [7, 11) is -3.35. The van der Waals surface area contributed by atoms with Crippen molar-refractivity contribution >= 4 is 21.7 Å². The van der Waals surface area contributed by atoms with Crippen molar-refractivity contribution in [3.63, 3.8) is 0 Å². The minimum Gasteiger partial charge on any atom is -0.464 e. The topological polar surface area (TPSA) is 80.8 Å². The molecule has 6 nitrogen and oxygen atoms in total. The first-order chi connectivity index (χ1) is 11.5. The van der Waals surface area contributed by atoms with Gasteiger partial charge in [0.1, 0.15) is 6.54 Å². The van der Waals surface area contributed by atoms with Gasteiger partial charge in [-0.2, -0.15) is 0 Å². The van der Waals surface area contributed by atoms with Gasteiger partial charge in [-0.05, 0) is 31.4 Å². The molecule has 1 saturated heterocycles. The Morgan fingerprint density at radius 2 is 1.88 bits per heavy atom. The van der Waals surface area contributed by atoms with Gasteiger partial charge in [0, 0.05) is 13.0 Å². The first-order valence-electron chi connectivity index (χ1n) is 8.20. The van der Waals surface area contributed by atoms with E-state index in [2.05, 4.69) is 0 Å². The summed E-state index contributed by atoms with van der Waals surface area (Å²) in [5, 5.41) is 0. The van der Waals surface area contributed by atoms with E-state index in [1.165, 1.54) is 4.90 Å². The van der Waals surface area contributed by atoms with Crippen LogP contribution in [-0.4, -0.2) is 50.6 Å². The Hall–Kier alpha value is -1.89. The number of nitrogens with zero attached hydrogens (tertiary/aromatic N) is 1. The van der Waals surface area contributed by atoms with Gasteiger partial charge in [0.15, 0.2) is 9.84 Å². The molecule has 1 aromatic rings. The zero-order valence-corrected chi connectivity index (χ0v) is 14.5. The lowest BCUT2D eigenvalue weighted by Gasteiger charge is -2.19. The second kappa shape index (κ2) is 8.82. The van der Waals surface area contributed by atoms with Crippen molar-refractivity contribution in [1.82, 2.24) is 4.90 Å². The molecule has 0 aromatic heterocycles. The third-order valence-electron chi connectivity index (χ3n) is 3.91. The number of rotatable bonds is 7. The van der Waals surface area contributed by atoms with Crippen LogP contribution in [0.5, 0.6) is 0 Å². The molecule has 0 unspecified atom stereocenters. The van der Waals surface area contributed by atoms with Gasteiger partial charge in [-0.3, -0.25) is 9.59 Å². The first-order valence-corrected chi connectivity index (χ1v) is 9.85. The Morgan fingerprint density at radius 1 is 1.12 bits per heavy atom. The Labute approximate surface area is 142 Å². The summed E-state index contributed by atoms with van der Waals surface area (Å²) < 4.78 is 29.2. The predicted octanol–water partition coefficient (Wildman–Crippen LogP) is 1.80. The number of ether oxygens (including phenoxy) is 1. The number of amides is 1. The van der Waals surface area contributed by atoms with Crippen LogP contribution in [0, 0.1) is 0 Å². The molecule has 1 amide bonds. The molecular weight excluding hydrogens is 330 g/mol. The fourth-order valence-corrected chi connectivity index (χ4v) is 3.89. The minimum absolute atomic E-state index is 0.0175. The van der Waals surface area contributed by atoms with Crippen molar-refractivity contribution in [3.8, 4) is 0 Å². The van der Waals surface area contributed by atoms with Crippen molar-refractivity contribution in [2.45, 2.75) is 37.0 Å². The van der Waals surface area contributed by atoms with Gasteiger partial charge in [-0.25, -0.2) is 8.42 Å². The quantitative estimate of drug-likeness (QED) is 0.551. The molecule has 0 saturated carbocycles. The average molecular weight is 353 g/mol. The molecule has 1 aliphatic heterocycles. The number of sulfone groups is 1. The Kier molecular flexibility index (Phi) is 6.78. The molecule has 2 rings (SSSR count). The van der Waals surface area contributed by atoms with Gasteiger partial charge in [0.05, 0.1) is 17.3 Å². The van der Waals surface area contributed by atoms with E-state index in [1.54, 1.807) is 30.3 Å². The molecule has 1 aromatic carbocycles. The molecule has 1 aliphatic rings. The van der Waals surface area contributed by atoms with Gasteiger partial charge in [-0.1, -0.05) is 24.6 Å².